The molecule has 35 heavy (non-hydrogen) atoms. The van der Waals surface area contributed by atoms with Crippen molar-refractivity contribution in [2.45, 2.75) is 19.3 Å². The highest BCUT2D eigenvalue weighted by molar-refractivity contribution is 5.95. The van der Waals surface area contributed by atoms with Crippen LogP contribution in [0.4, 0.5) is 4.79 Å². The van der Waals surface area contributed by atoms with Crippen molar-refractivity contribution in [2.75, 3.05) is 6.54 Å². The first kappa shape index (κ1) is 24.8. The van der Waals surface area contributed by atoms with Crippen molar-refractivity contribution in [2.24, 2.45) is 5.73 Å². The molecule has 0 saturated carbocycles. The highest BCUT2D eigenvalue weighted by Crippen LogP contribution is 2.14. The standard InChI is InChI=1S/C23H23N5O7/c24-20(25)15-6-8-17(9-7-15)33-13-16-10-19(35-28-16)21(29)26-11-18(22(30)31)27-23(32)34-12-14-4-2-1-3-5-14/h1-10,18H,11-13H2,(H3,24,25)(H,26,29)(H,27,32)(H,30,31)/t18-/m0/s1. The largest absolute Gasteiger partial charge is 0.487 e. The van der Waals surface area contributed by atoms with E-state index in [1.54, 1.807) is 48.5 Å². The van der Waals surface area contributed by atoms with Gasteiger partial charge in [0, 0.05) is 18.2 Å². The molecule has 1 atom stereocenters. The van der Waals surface area contributed by atoms with Crippen LogP contribution in [0.3, 0.4) is 0 Å². The molecule has 12 nitrogen and oxygen atoms in total. The smallest absolute Gasteiger partial charge is 0.408 e. The predicted octanol–water partition coefficient (Wildman–Crippen LogP) is 1.65. The van der Waals surface area contributed by atoms with E-state index in [9.17, 15) is 19.5 Å². The third kappa shape index (κ3) is 7.60. The van der Waals surface area contributed by atoms with Gasteiger partial charge in [0.1, 0.15) is 36.5 Å². The number of carboxylic acids is 1. The Labute approximate surface area is 199 Å². The number of carbonyl (C=O) groups excluding carboxylic acids is 2. The molecule has 2 amide bonds. The lowest BCUT2D eigenvalue weighted by Crippen LogP contribution is -2.48. The van der Waals surface area contributed by atoms with Gasteiger partial charge >= 0.3 is 12.1 Å². The Morgan fingerprint density at radius 1 is 1.09 bits per heavy atom. The predicted molar refractivity (Wildman–Crippen MR) is 122 cm³/mol. The second-order valence-corrected chi connectivity index (χ2v) is 7.22. The van der Waals surface area contributed by atoms with Crippen LogP contribution in [0.15, 0.2) is 65.2 Å². The average Bonchev–Trinajstić information content (AvgIpc) is 3.34. The van der Waals surface area contributed by atoms with Crippen molar-refractivity contribution in [1.29, 1.82) is 5.41 Å². The van der Waals surface area contributed by atoms with Gasteiger partial charge in [0.15, 0.2) is 0 Å². The third-order valence-electron chi connectivity index (χ3n) is 4.60. The van der Waals surface area contributed by atoms with Gasteiger partial charge in [0.05, 0.1) is 0 Å². The highest BCUT2D eigenvalue weighted by Gasteiger charge is 2.23. The number of nitrogens with zero attached hydrogens (tertiary/aromatic N) is 1. The van der Waals surface area contributed by atoms with Gasteiger partial charge in [-0.3, -0.25) is 10.2 Å². The van der Waals surface area contributed by atoms with Gasteiger partial charge in [0.2, 0.25) is 5.76 Å². The van der Waals surface area contributed by atoms with Crippen LogP contribution in [0, 0.1) is 5.41 Å². The normalized spacial score (nSPS) is 11.2. The maximum Gasteiger partial charge on any atom is 0.408 e. The summed E-state index contributed by atoms with van der Waals surface area (Å²) in [5, 5.41) is 25.0. The minimum Gasteiger partial charge on any atom is -0.487 e. The summed E-state index contributed by atoms with van der Waals surface area (Å²) in [5.74, 6) is -1.80. The van der Waals surface area contributed by atoms with E-state index in [-0.39, 0.29) is 24.8 Å². The first-order chi connectivity index (χ1) is 16.8. The number of hydrogen-bond donors (Lipinski definition) is 5. The van der Waals surface area contributed by atoms with Crippen molar-refractivity contribution in [1.82, 2.24) is 15.8 Å². The minimum absolute atomic E-state index is 0.00274. The van der Waals surface area contributed by atoms with E-state index >= 15 is 0 Å². The summed E-state index contributed by atoms with van der Waals surface area (Å²) in [5.41, 5.74) is 7.01. The molecule has 0 fully saturated rings. The van der Waals surface area contributed by atoms with E-state index in [1.807, 2.05) is 6.07 Å². The van der Waals surface area contributed by atoms with Gasteiger partial charge in [-0.2, -0.15) is 0 Å². The molecule has 0 radical (unpaired) electrons. The van der Waals surface area contributed by atoms with Gasteiger partial charge in [-0.1, -0.05) is 35.5 Å². The minimum atomic E-state index is -1.43. The van der Waals surface area contributed by atoms with Crippen LogP contribution in [0.1, 0.15) is 27.4 Å². The van der Waals surface area contributed by atoms with Crippen LogP contribution in [-0.2, 0) is 22.7 Å². The number of nitrogen functional groups attached to an aromatic ring is 1. The van der Waals surface area contributed by atoms with E-state index < -0.39 is 30.6 Å². The fourth-order valence-corrected chi connectivity index (χ4v) is 2.76. The van der Waals surface area contributed by atoms with Crippen LogP contribution in [0.25, 0.3) is 0 Å². The molecule has 3 rings (SSSR count). The molecule has 0 spiro atoms. The van der Waals surface area contributed by atoms with E-state index in [4.69, 9.17) is 25.1 Å². The lowest BCUT2D eigenvalue weighted by molar-refractivity contribution is -0.139. The molecule has 0 saturated heterocycles. The molecular weight excluding hydrogens is 458 g/mol. The van der Waals surface area contributed by atoms with Crippen LogP contribution < -0.4 is 21.1 Å². The van der Waals surface area contributed by atoms with Crippen molar-refractivity contribution >= 4 is 23.8 Å². The molecule has 182 valence electrons. The number of amidine groups is 1. The van der Waals surface area contributed by atoms with Crippen molar-refractivity contribution in [3.8, 4) is 5.75 Å². The molecule has 6 N–H and O–H groups in total. The Balaban J connectivity index is 1.46. The van der Waals surface area contributed by atoms with Gasteiger partial charge in [0.25, 0.3) is 5.91 Å². The van der Waals surface area contributed by atoms with Crippen LogP contribution in [0.5, 0.6) is 5.75 Å². The number of rotatable bonds is 11. The number of benzene rings is 2. The molecular formula is C23H23N5O7. The molecule has 1 aromatic heterocycles. The lowest BCUT2D eigenvalue weighted by atomic mass is 10.2. The summed E-state index contributed by atoms with van der Waals surface area (Å²) in [6.07, 6.45) is -0.939. The van der Waals surface area contributed by atoms with Gasteiger partial charge < -0.3 is 35.5 Å². The van der Waals surface area contributed by atoms with Crippen molar-refractivity contribution < 1.29 is 33.5 Å². The average molecular weight is 481 g/mol. The SMILES string of the molecule is N=C(N)c1ccc(OCc2cc(C(=O)NC[C@H](NC(=O)OCc3ccccc3)C(=O)O)on2)cc1. The Morgan fingerprint density at radius 2 is 1.80 bits per heavy atom. The Morgan fingerprint density at radius 3 is 2.46 bits per heavy atom. The molecule has 0 aliphatic carbocycles. The molecule has 0 bridgehead atoms. The fraction of sp³-hybridized carbons (Fsp3) is 0.174. The summed E-state index contributed by atoms with van der Waals surface area (Å²) >= 11 is 0. The fourth-order valence-electron chi connectivity index (χ4n) is 2.76. The second kappa shape index (κ2) is 11.8. The third-order valence-corrected chi connectivity index (χ3v) is 4.60. The Kier molecular flexibility index (Phi) is 8.38. The first-order valence-corrected chi connectivity index (χ1v) is 10.3. The molecule has 0 aliphatic heterocycles. The molecule has 3 aromatic rings. The van der Waals surface area contributed by atoms with E-state index in [0.29, 0.717) is 17.0 Å². The van der Waals surface area contributed by atoms with Crippen LogP contribution >= 0.6 is 0 Å². The summed E-state index contributed by atoms with van der Waals surface area (Å²) in [4.78, 5) is 35.7. The number of hydrogen-bond acceptors (Lipinski definition) is 8. The van der Waals surface area contributed by atoms with E-state index in [1.165, 1.54) is 6.07 Å². The number of carbonyl (C=O) groups is 3. The second-order valence-electron chi connectivity index (χ2n) is 7.22. The van der Waals surface area contributed by atoms with Crippen molar-refractivity contribution in [3.05, 3.63) is 83.2 Å². The molecule has 12 heteroatoms. The molecule has 2 aromatic carbocycles. The maximum absolute atomic E-state index is 12.3. The summed E-state index contributed by atoms with van der Waals surface area (Å²) in [7, 11) is 0. The van der Waals surface area contributed by atoms with Crippen LogP contribution in [0.2, 0.25) is 0 Å². The maximum atomic E-state index is 12.3. The van der Waals surface area contributed by atoms with E-state index in [2.05, 4.69) is 15.8 Å². The quantitative estimate of drug-likeness (QED) is 0.200. The first-order valence-electron chi connectivity index (χ1n) is 10.3. The number of ether oxygens (including phenoxy) is 2. The molecule has 0 aliphatic rings. The van der Waals surface area contributed by atoms with Crippen molar-refractivity contribution in [3.63, 3.8) is 0 Å². The highest BCUT2D eigenvalue weighted by atomic mass is 16.5. The number of amides is 2. The molecule has 1 heterocycles. The van der Waals surface area contributed by atoms with Gasteiger partial charge in [-0.25, -0.2) is 9.59 Å². The number of nitrogens with one attached hydrogen (secondary N) is 3. The number of alkyl carbamates (subject to hydrolysis) is 1. The van der Waals surface area contributed by atoms with Gasteiger partial charge in [-0.05, 0) is 29.8 Å². The molecule has 0 unspecified atom stereocenters. The lowest BCUT2D eigenvalue weighted by Gasteiger charge is -2.15. The zero-order valence-electron chi connectivity index (χ0n) is 18.4. The number of aromatic nitrogens is 1. The Bertz CT molecular complexity index is 1180. The summed E-state index contributed by atoms with van der Waals surface area (Å²) < 4.78 is 15.5. The monoisotopic (exact) mass is 481 g/mol. The topological polar surface area (TPSA) is 190 Å². The van der Waals surface area contributed by atoms with Gasteiger partial charge in [-0.15, -0.1) is 0 Å². The number of aliphatic carboxylic acids is 1. The number of carboxylic acid groups (broad SMARTS) is 1. The van der Waals surface area contributed by atoms with Crippen LogP contribution in [-0.4, -0.2) is 46.7 Å². The zero-order valence-corrected chi connectivity index (χ0v) is 18.4. The number of nitrogens with two attached hydrogens (primary N) is 1. The zero-order chi connectivity index (χ0) is 25.2. The Hall–Kier alpha value is -4.87. The summed E-state index contributed by atoms with van der Waals surface area (Å²) in [6, 6.07) is 15.3. The summed E-state index contributed by atoms with van der Waals surface area (Å²) in [6.45, 7) is -0.443. The van der Waals surface area contributed by atoms with E-state index in [0.717, 1.165) is 5.56 Å².